The van der Waals surface area contributed by atoms with Gasteiger partial charge < -0.3 is 11.5 Å². The van der Waals surface area contributed by atoms with E-state index in [2.05, 4.69) is 15.6 Å². The van der Waals surface area contributed by atoms with Crippen molar-refractivity contribution in [1.29, 1.82) is 0 Å². The molecule has 2 heterocycles. The zero-order chi connectivity index (χ0) is 12.7. The van der Waals surface area contributed by atoms with Crippen molar-refractivity contribution >= 4 is 11.5 Å². The number of nitrogens with zero attached hydrogens (tertiary/aromatic N) is 2. The van der Waals surface area contributed by atoms with Crippen LogP contribution in [0.1, 0.15) is 30.0 Å². The lowest BCUT2D eigenvalue weighted by molar-refractivity contribution is -0.608. The quantitative estimate of drug-likeness (QED) is 0.786. The van der Waals surface area contributed by atoms with Gasteiger partial charge in [0.2, 0.25) is 5.82 Å². The summed E-state index contributed by atoms with van der Waals surface area (Å²) in [6.07, 6.45) is 4.42. The largest absolute Gasteiger partial charge is 0.396 e. The van der Waals surface area contributed by atoms with Gasteiger partial charge in [0.15, 0.2) is 0 Å². The Bertz CT molecular complexity index is 603. The molecule has 0 aromatic carbocycles. The molecule has 0 radical (unpaired) electrons. The van der Waals surface area contributed by atoms with Gasteiger partial charge in [0.05, 0.1) is 5.69 Å². The standard InChI is InChI=1S/C14H17N4/c1-9-2-7-13(16)17-14(9)18-8-11(15)5-6-12(18)10-3-4-10/h2,5-8,10H,3-4,15H2,1H3,(H2,16,17)/q+1. The minimum Gasteiger partial charge on any atom is -0.396 e. The van der Waals surface area contributed by atoms with Crippen LogP contribution in [0.3, 0.4) is 0 Å². The molecule has 1 aliphatic carbocycles. The number of nitrogen functional groups attached to an aromatic ring is 2. The number of aryl methyl sites for hydroxylation is 1. The molecule has 0 bridgehead atoms. The van der Waals surface area contributed by atoms with Gasteiger partial charge in [-0.1, -0.05) is 0 Å². The number of nitrogens with two attached hydrogens (primary N) is 2. The van der Waals surface area contributed by atoms with Crippen molar-refractivity contribution in [3.05, 3.63) is 41.7 Å². The molecule has 18 heavy (non-hydrogen) atoms. The van der Waals surface area contributed by atoms with E-state index >= 15 is 0 Å². The molecule has 0 spiro atoms. The normalized spacial score (nSPS) is 14.7. The van der Waals surface area contributed by atoms with E-state index in [0.29, 0.717) is 11.7 Å². The lowest BCUT2D eigenvalue weighted by Gasteiger charge is -2.07. The molecule has 4 heteroatoms. The predicted octanol–water partition coefficient (Wildman–Crippen LogP) is 1.71. The summed E-state index contributed by atoms with van der Waals surface area (Å²) in [5.41, 5.74) is 14.8. The van der Waals surface area contributed by atoms with Gasteiger partial charge in [-0.2, -0.15) is 4.57 Å². The fraction of sp³-hybridized carbons (Fsp3) is 0.286. The molecule has 1 saturated carbocycles. The second kappa shape index (κ2) is 3.98. The van der Waals surface area contributed by atoms with Crippen LogP contribution in [-0.4, -0.2) is 4.98 Å². The van der Waals surface area contributed by atoms with Crippen LogP contribution in [0.4, 0.5) is 11.5 Å². The van der Waals surface area contributed by atoms with E-state index in [1.807, 2.05) is 31.3 Å². The molecule has 2 aromatic heterocycles. The smallest absolute Gasteiger partial charge is 0.333 e. The van der Waals surface area contributed by atoms with Crippen LogP contribution in [0.5, 0.6) is 0 Å². The molecule has 1 fully saturated rings. The Morgan fingerprint density at radius 3 is 2.67 bits per heavy atom. The highest BCUT2D eigenvalue weighted by molar-refractivity contribution is 5.39. The van der Waals surface area contributed by atoms with Crippen molar-refractivity contribution < 1.29 is 4.57 Å². The zero-order valence-corrected chi connectivity index (χ0v) is 10.4. The Hall–Kier alpha value is -2.10. The number of anilines is 2. The summed E-state index contributed by atoms with van der Waals surface area (Å²) < 4.78 is 2.08. The molecule has 4 nitrogen and oxygen atoms in total. The molecular formula is C14H17N4+. The summed E-state index contributed by atoms with van der Waals surface area (Å²) in [5, 5.41) is 0. The third-order valence-electron chi connectivity index (χ3n) is 3.32. The average Bonchev–Trinajstić information content (AvgIpc) is 3.16. The Morgan fingerprint density at radius 1 is 1.17 bits per heavy atom. The maximum absolute atomic E-state index is 5.89. The maximum atomic E-state index is 5.89. The number of hydrogen-bond donors (Lipinski definition) is 2. The SMILES string of the molecule is Cc1ccc(N)nc1-[n+]1cc(N)ccc1C1CC1. The molecule has 3 rings (SSSR count). The number of pyridine rings is 2. The van der Waals surface area contributed by atoms with Crippen molar-refractivity contribution in [1.82, 2.24) is 4.98 Å². The topological polar surface area (TPSA) is 68.8 Å². The van der Waals surface area contributed by atoms with E-state index in [9.17, 15) is 0 Å². The second-order valence-corrected chi connectivity index (χ2v) is 4.91. The Kier molecular flexibility index (Phi) is 2.44. The van der Waals surface area contributed by atoms with E-state index in [1.165, 1.54) is 18.5 Å². The van der Waals surface area contributed by atoms with E-state index in [0.717, 1.165) is 17.1 Å². The molecule has 0 unspecified atom stereocenters. The van der Waals surface area contributed by atoms with Gasteiger partial charge in [0.1, 0.15) is 11.9 Å². The molecule has 4 N–H and O–H groups in total. The van der Waals surface area contributed by atoms with Crippen molar-refractivity contribution in [3.8, 4) is 5.82 Å². The number of aromatic nitrogens is 2. The highest BCUT2D eigenvalue weighted by atomic mass is 15.1. The van der Waals surface area contributed by atoms with Crippen LogP contribution in [0.15, 0.2) is 30.5 Å². The summed E-state index contributed by atoms with van der Waals surface area (Å²) in [5.74, 6) is 2.05. The minimum atomic E-state index is 0.535. The first-order valence-corrected chi connectivity index (χ1v) is 6.20. The second-order valence-electron chi connectivity index (χ2n) is 4.91. The van der Waals surface area contributed by atoms with Gasteiger partial charge in [-0.25, -0.2) is 0 Å². The molecule has 0 amide bonds. The Labute approximate surface area is 106 Å². The summed E-state index contributed by atoms with van der Waals surface area (Å²) in [7, 11) is 0. The molecule has 0 aliphatic heterocycles. The van der Waals surface area contributed by atoms with Crippen LogP contribution in [-0.2, 0) is 0 Å². The van der Waals surface area contributed by atoms with E-state index in [4.69, 9.17) is 11.5 Å². The molecule has 1 aliphatic rings. The molecule has 0 saturated heterocycles. The first kappa shape index (κ1) is 11.0. The molecule has 2 aromatic rings. The Morgan fingerprint density at radius 2 is 1.94 bits per heavy atom. The summed E-state index contributed by atoms with van der Waals surface area (Å²) in [6, 6.07) is 7.86. The molecule has 0 atom stereocenters. The Balaban J connectivity index is 2.20. The van der Waals surface area contributed by atoms with E-state index < -0.39 is 0 Å². The van der Waals surface area contributed by atoms with Crippen molar-refractivity contribution in [3.63, 3.8) is 0 Å². The third kappa shape index (κ3) is 1.90. The van der Waals surface area contributed by atoms with E-state index in [-0.39, 0.29) is 0 Å². The van der Waals surface area contributed by atoms with Crippen LogP contribution in [0.25, 0.3) is 5.82 Å². The highest BCUT2D eigenvalue weighted by Crippen LogP contribution is 2.38. The summed E-state index contributed by atoms with van der Waals surface area (Å²) in [4.78, 5) is 4.44. The lowest BCUT2D eigenvalue weighted by atomic mass is 10.2. The van der Waals surface area contributed by atoms with Crippen molar-refractivity contribution in [2.24, 2.45) is 0 Å². The zero-order valence-electron chi connectivity index (χ0n) is 10.4. The minimum absolute atomic E-state index is 0.535. The third-order valence-corrected chi connectivity index (χ3v) is 3.32. The van der Waals surface area contributed by atoms with Gasteiger partial charge in [0, 0.05) is 17.5 Å². The van der Waals surface area contributed by atoms with Gasteiger partial charge in [-0.05, 0) is 42.9 Å². The monoisotopic (exact) mass is 241 g/mol. The first-order chi connectivity index (χ1) is 8.65. The fourth-order valence-corrected chi connectivity index (χ4v) is 2.20. The molecular weight excluding hydrogens is 224 g/mol. The van der Waals surface area contributed by atoms with Crippen LogP contribution < -0.4 is 16.0 Å². The van der Waals surface area contributed by atoms with Crippen LogP contribution >= 0.6 is 0 Å². The number of rotatable bonds is 2. The van der Waals surface area contributed by atoms with Gasteiger partial charge in [-0.15, -0.1) is 0 Å². The van der Waals surface area contributed by atoms with Crippen LogP contribution in [0.2, 0.25) is 0 Å². The van der Waals surface area contributed by atoms with Gasteiger partial charge in [-0.3, -0.25) is 0 Å². The molecule has 92 valence electrons. The highest BCUT2D eigenvalue weighted by Gasteiger charge is 2.31. The first-order valence-electron chi connectivity index (χ1n) is 6.20. The van der Waals surface area contributed by atoms with Gasteiger partial charge in [0.25, 0.3) is 0 Å². The van der Waals surface area contributed by atoms with Crippen molar-refractivity contribution in [2.75, 3.05) is 11.5 Å². The summed E-state index contributed by atoms with van der Waals surface area (Å²) >= 11 is 0. The number of hydrogen-bond acceptors (Lipinski definition) is 3. The fourth-order valence-electron chi connectivity index (χ4n) is 2.20. The summed E-state index contributed by atoms with van der Waals surface area (Å²) in [6.45, 7) is 2.04. The maximum Gasteiger partial charge on any atom is 0.333 e. The average molecular weight is 241 g/mol. The predicted molar refractivity (Wildman–Crippen MR) is 71.3 cm³/mol. The van der Waals surface area contributed by atoms with Gasteiger partial charge >= 0.3 is 5.82 Å². The van der Waals surface area contributed by atoms with E-state index in [1.54, 1.807) is 0 Å². The van der Waals surface area contributed by atoms with Crippen molar-refractivity contribution in [2.45, 2.75) is 25.7 Å². The lowest BCUT2D eigenvalue weighted by Crippen LogP contribution is -2.37. The van der Waals surface area contributed by atoms with Crippen LogP contribution in [0, 0.1) is 6.92 Å².